The van der Waals surface area contributed by atoms with Crippen LogP contribution in [-0.4, -0.2) is 26.7 Å². The van der Waals surface area contributed by atoms with E-state index in [2.05, 4.69) is 27.6 Å². The largest absolute Gasteiger partial charge is 0.354 e. The maximum absolute atomic E-state index is 12.4. The van der Waals surface area contributed by atoms with E-state index < -0.39 is 0 Å². The van der Waals surface area contributed by atoms with Gasteiger partial charge in [0.15, 0.2) is 5.76 Å². The second kappa shape index (κ2) is 10.4. The maximum Gasteiger partial charge on any atom is 0.250 e. The van der Waals surface area contributed by atoms with Crippen LogP contribution in [0.2, 0.25) is 0 Å². The molecule has 1 aliphatic carbocycles. The van der Waals surface area contributed by atoms with Crippen LogP contribution in [-0.2, 0) is 13.1 Å². The van der Waals surface area contributed by atoms with E-state index in [0.717, 1.165) is 47.9 Å². The Hall–Kier alpha value is -3.58. The summed E-state index contributed by atoms with van der Waals surface area (Å²) >= 11 is 0. The second-order valence-electron chi connectivity index (χ2n) is 9.38. The molecule has 3 heterocycles. The first-order valence-electron chi connectivity index (χ1n) is 12.4. The molecule has 1 saturated carbocycles. The quantitative estimate of drug-likeness (QED) is 0.380. The number of aryl methyl sites for hydroxylation is 2. The molecule has 0 atom stereocenters. The summed E-state index contributed by atoms with van der Waals surface area (Å²) < 4.78 is 7.48. The number of nitrogens with zero attached hydrogens (tertiary/aromatic N) is 4. The Morgan fingerprint density at radius 1 is 1.06 bits per heavy atom. The summed E-state index contributed by atoms with van der Waals surface area (Å²) in [6.07, 6.45) is 9.88. The smallest absolute Gasteiger partial charge is 0.250 e. The van der Waals surface area contributed by atoms with Gasteiger partial charge < -0.3 is 14.4 Å². The number of hydrogen-bond donors (Lipinski definition) is 1. The van der Waals surface area contributed by atoms with Gasteiger partial charge in [-0.25, -0.2) is 4.98 Å². The van der Waals surface area contributed by atoms with Gasteiger partial charge in [0, 0.05) is 42.5 Å². The van der Waals surface area contributed by atoms with Crippen LogP contribution in [0.4, 0.5) is 0 Å². The highest BCUT2D eigenvalue weighted by molar-refractivity contribution is 5.68. The minimum atomic E-state index is 0.0210. The van der Waals surface area contributed by atoms with Gasteiger partial charge in [-0.05, 0) is 37.9 Å². The summed E-state index contributed by atoms with van der Waals surface area (Å²) in [4.78, 5) is 21.9. The maximum atomic E-state index is 12.4. The minimum absolute atomic E-state index is 0.0210. The predicted octanol–water partition coefficient (Wildman–Crippen LogP) is 5.24. The van der Waals surface area contributed by atoms with Crippen LogP contribution in [0.15, 0.2) is 64.2 Å². The standard InChI is InChI=1S/C28H31N5O2/c1-19-28(26-15-24(32-35-26)22-9-7-21(8-10-22)16-29-2)31-25(17-30-19)23-11-12-27(34)33(18-23)14-13-20-5-3-4-6-20/h7-12,15,17-18,20,29H,3-6,13-14,16H2,1-2H3. The fraction of sp³-hybridized carbons (Fsp3) is 0.357. The molecule has 0 bridgehead atoms. The molecule has 180 valence electrons. The molecule has 0 amide bonds. The number of hydrogen-bond acceptors (Lipinski definition) is 6. The van der Waals surface area contributed by atoms with Gasteiger partial charge in [-0.15, -0.1) is 0 Å². The first-order valence-corrected chi connectivity index (χ1v) is 12.4. The summed E-state index contributed by atoms with van der Waals surface area (Å²) in [5.41, 5.74) is 5.94. The molecule has 35 heavy (non-hydrogen) atoms. The van der Waals surface area contributed by atoms with Crippen molar-refractivity contribution < 1.29 is 4.52 Å². The molecule has 1 aromatic carbocycles. The molecule has 0 aliphatic heterocycles. The second-order valence-corrected chi connectivity index (χ2v) is 9.38. The molecule has 1 aliphatic rings. The van der Waals surface area contributed by atoms with Crippen LogP contribution in [0.3, 0.4) is 0 Å². The van der Waals surface area contributed by atoms with E-state index >= 15 is 0 Å². The van der Waals surface area contributed by atoms with Gasteiger partial charge in [0.25, 0.3) is 5.56 Å². The lowest BCUT2D eigenvalue weighted by molar-refractivity contribution is 0.433. The zero-order valence-electron chi connectivity index (χ0n) is 20.3. The molecule has 0 saturated heterocycles. The molecule has 5 rings (SSSR count). The van der Waals surface area contributed by atoms with Crippen LogP contribution in [0.1, 0.15) is 43.4 Å². The Morgan fingerprint density at radius 2 is 1.83 bits per heavy atom. The molecule has 4 aromatic rings. The van der Waals surface area contributed by atoms with Gasteiger partial charge in [-0.2, -0.15) is 0 Å². The summed E-state index contributed by atoms with van der Waals surface area (Å²) in [5.74, 6) is 1.30. The van der Waals surface area contributed by atoms with E-state index in [1.807, 2.05) is 44.4 Å². The molecule has 1 fully saturated rings. The Morgan fingerprint density at radius 3 is 2.60 bits per heavy atom. The van der Waals surface area contributed by atoms with E-state index in [0.29, 0.717) is 17.1 Å². The van der Waals surface area contributed by atoms with E-state index in [-0.39, 0.29) is 5.56 Å². The first-order chi connectivity index (χ1) is 17.1. The van der Waals surface area contributed by atoms with Crippen molar-refractivity contribution in [2.45, 2.75) is 52.1 Å². The molecule has 1 N–H and O–H groups in total. The Labute approximate surface area is 205 Å². The fourth-order valence-electron chi connectivity index (χ4n) is 4.82. The average molecular weight is 470 g/mol. The Kier molecular flexibility index (Phi) is 6.86. The summed E-state index contributed by atoms with van der Waals surface area (Å²) in [7, 11) is 1.93. The van der Waals surface area contributed by atoms with Crippen molar-refractivity contribution in [3.05, 3.63) is 76.5 Å². The highest BCUT2D eigenvalue weighted by atomic mass is 16.5. The molecule has 3 aromatic heterocycles. The van der Waals surface area contributed by atoms with Crippen LogP contribution < -0.4 is 10.9 Å². The zero-order valence-corrected chi connectivity index (χ0v) is 20.3. The first kappa shape index (κ1) is 23.2. The van der Waals surface area contributed by atoms with Gasteiger partial charge in [0.1, 0.15) is 11.4 Å². The lowest BCUT2D eigenvalue weighted by Crippen LogP contribution is -2.19. The molecular formula is C28H31N5O2. The lowest BCUT2D eigenvalue weighted by atomic mass is 10.0. The third kappa shape index (κ3) is 5.25. The number of rotatable bonds is 8. The van der Waals surface area contributed by atoms with E-state index in [4.69, 9.17) is 9.51 Å². The van der Waals surface area contributed by atoms with E-state index in [1.165, 1.54) is 31.2 Å². The van der Waals surface area contributed by atoms with Gasteiger partial charge in [0.05, 0.1) is 17.6 Å². The topological polar surface area (TPSA) is 85.8 Å². The third-order valence-electron chi connectivity index (χ3n) is 6.86. The molecular weight excluding hydrogens is 438 g/mol. The average Bonchev–Trinajstić information content (AvgIpc) is 3.57. The fourth-order valence-corrected chi connectivity index (χ4v) is 4.82. The summed E-state index contributed by atoms with van der Waals surface area (Å²) in [5, 5.41) is 7.42. The normalized spacial score (nSPS) is 14.0. The molecule has 0 radical (unpaired) electrons. The van der Waals surface area contributed by atoms with Crippen molar-refractivity contribution >= 4 is 0 Å². The van der Waals surface area contributed by atoms with E-state index in [9.17, 15) is 4.79 Å². The van der Waals surface area contributed by atoms with E-state index in [1.54, 1.807) is 16.8 Å². The summed E-state index contributed by atoms with van der Waals surface area (Å²) in [6.45, 7) is 3.46. The van der Waals surface area contributed by atoms with Gasteiger partial charge >= 0.3 is 0 Å². The number of aromatic nitrogens is 4. The predicted molar refractivity (Wildman–Crippen MR) is 137 cm³/mol. The van der Waals surface area contributed by atoms with Crippen LogP contribution >= 0.6 is 0 Å². The van der Waals surface area contributed by atoms with Crippen molar-refractivity contribution in [3.8, 4) is 34.0 Å². The van der Waals surface area contributed by atoms with Crippen molar-refractivity contribution in [2.75, 3.05) is 7.05 Å². The van der Waals surface area contributed by atoms with Crippen molar-refractivity contribution in [1.29, 1.82) is 0 Å². The highest BCUT2D eigenvalue weighted by Gasteiger charge is 2.17. The third-order valence-corrected chi connectivity index (χ3v) is 6.86. The lowest BCUT2D eigenvalue weighted by Gasteiger charge is -2.12. The number of nitrogens with one attached hydrogen (secondary N) is 1. The van der Waals surface area contributed by atoms with Crippen LogP contribution in [0, 0.1) is 12.8 Å². The van der Waals surface area contributed by atoms with Crippen LogP contribution in [0.5, 0.6) is 0 Å². The Bertz CT molecular complexity index is 1350. The van der Waals surface area contributed by atoms with Crippen LogP contribution in [0.25, 0.3) is 34.0 Å². The van der Waals surface area contributed by atoms with Gasteiger partial charge in [-0.3, -0.25) is 9.78 Å². The zero-order chi connectivity index (χ0) is 24.2. The van der Waals surface area contributed by atoms with Gasteiger partial charge in [-0.1, -0.05) is 55.1 Å². The van der Waals surface area contributed by atoms with Crippen molar-refractivity contribution in [3.63, 3.8) is 0 Å². The molecule has 0 spiro atoms. The number of benzene rings is 1. The molecule has 0 unspecified atom stereocenters. The van der Waals surface area contributed by atoms with Gasteiger partial charge in [0.2, 0.25) is 0 Å². The SMILES string of the molecule is CNCc1ccc(-c2cc(-c3nc(-c4ccc(=O)n(CCC5CCCC5)c4)cnc3C)on2)cc1. The minimum Gasteiger partial charge on any atom is -0.354 e. The Balaban J connectivity index is 1.39. The number of pyridine rings is 1. The molecule has 7 heteroatoms. The molecule has 7 nitrogen and oxygen atoms in total. The van der Waals surface area contributed by atoms with Crippen molar-refractivity contribution in [2.24, 2.45) is 5.92 Å². The van der Waals surface area contributed by atoms with Crippen molar-refractivity contribution in [1.82, 2.24) is 25.0 Å². The highest BCUT2D eigenvalue weighted by Crippen LogP contribution is 2.29. The monoisotopic (exact) mass is 469 g/mol. The summed E-state index contributed by atoms with van der Waals surface area (Å²) in [6, 6.07) is 13.6.